The number of carbonyl (C=O) groups is 1. The van der Waals surface area contributed by atoms with Crippen LogP contribution in [-0.4, -0.2) is 47.8 Å². The molecule has 7 nitrogen and oxygen atoms in total. The molecule has 1 unspecified atom stereocenters. The van der Waals surface area contributed by atoms with Crippen molar-refractivity contribution in [1.82, 2.24) is 14.8 Å². The minimum atomic E-state index is -3.16. The van der Waals surface area contributed by atoms with Crippen LogP contribution in [0.25, 0.3) is 22.3 Å². The van der Waals surface area contributed by atoms with Crippen molar-refractivity contribution in [3.8, 4) is 11.3 Å². The number of pyridine rings is 1. The lowest BCUT2D eigenvalue weighted by Crippen LogP contribution is -2.14. The number of carbonyl (C=O) groups excluding carboxylic acids is 1. The molecule has 158 valence electrons. The molecule has 1 atom stereocenters. The van der Waals surface area contributed by atoms with Gasteiger partial charge >= 0.3 is 5.97 Å². The van der Waals surface area contributed by atoms with Crippen molar-refractivity contribution in [3.63, 3.8) is 0 Å². The molecule has 0 N–H and O–H groups in total. The van der Waals surface area contributed by atoms with Gasteiger partial charge in [-0.2, -0.15) is 5.10 Å². The summed E-state index contributed by atoms with van der Waals surface area (Å²) in [6, 6.07) is 7.08. The summed E-state index contributed by atoms with van der Waals surface area (Å²) in [6.07, 6.45) is 0.420. The van der Waals surface area contributed by atoms with Crippen LogP contribution >= 0.6 is 0 Å². The largest absolute Gasteiger partial charge is 0.465 e. The molecular weight excluding hydrogens is 409 g/mol. The van der Waals surface area contributed by atoms with Gasteiger partial charge in [0, 0.05) is 11.3 Å². The molecule has 4 rings (SSSR count). The van der Waals surface area contributed by atoms with Crippen molar-refractivity contribution in [2.75, 3.05) is 18.6 Å². The van der Waals surface area contributed by atoms with Crippen LogP contribution in [0.15, 0.2) is 30.3 Å². The van der Waals surface area contributed by atoms with Gasteiger partial charge in [-0.3, -0.25) is 0 Å². The number of halogens is 1. The van der Waals surface area contributed by atoms with E-state index in [1.54, 1.807) is 22.9 Å². The lowest BCUT2D eigenvalue weighted by atomic mass is 10.0. The van der Waals surface area contributed by atoms with E-state index in [-0.39, 0.29) is 23.5 Å². The zero-order valence-electron chi connectivity index (χ0n) is 16.9. The third-order valence-corrected chi connectivity index (χ3v) is 7.10. The average molecular weight is 431 g/mol. The Morgan fingerprint density at radius 1 is 1.27 bits per heavy atom. The second-order valence-electron chi connectivity index (χ2n) is 7.80. The third kappa shape index (κ3) is 3.58. The standard InChI is InChI=1S/C21H22FN3O4S/c1-12(2)17-10-16(21(26)29-3)18-19(13-4-6-14(22)7-5-13)24-25(20(18)23-17)15-8-9-30(27,28)11-15/h4-7,10,12,15H,8-9,11H2,1-3H3. The molecule has 2 aromatic heterocycles. The predicted octanol–water partition coefficient (Wildman–Crippen LogP) is 3.51. The van der Waals surface area contributed by atoms with Crippen LogP contribution in [0.3, 0.4) is 0 Å². The monoisotopic (exact) mass is 431 g/mol. The first-order valence-electron chi connectivity index (χ1n) is 9.68. The third-order valence-electron chi connectivity index (χ3n) is 5.35. The second kappa shape index (κ2) is 7.46. The van der Waals surface area contributed by atoms with E-state index in [0.29, 0.717) is 40.0 Å². The fraction of sp³-hybridized carbons (Fsp3) is 0.381. The van der Waals surface area contributed by atoms with E-state index in [1.165, 1.54) is 19.2 Å². The Bertz CT molecular complexity index is 1230. The highest BCUT2D eigenvalue weighted by Gasteiger charge is 2.33. The smallest absolute Gasteiger partial charge is 0.338 e. The van der Waals surface area contributed by atoms with E-state index < -0.39 is 21.6 Å². The van der Waals surface area contributed by atoms with E-state index in [4.69, 9.17) is 9.72 Å². The molecule has 3 aromatic rings. The van der Waals surface area contributed by atoms with E-state index in [1.807, 2.05) is 13.8 Å². The van der Waals surface area contributed by atoms with Crippen LogP contribution in [0.1, 0.15) is 48.3 Å². The molecule has 1 aliphatic heterocycles. The summed E-state index contributed by atoms with van der Waals surface area (Å²) < 4.78 is 44.3. The number of esters is 1. The highest BCUT2D eigenvalue weighted by molar-refractivity contribution is 7.91. The average Bonchev–Trinajstić information content (AvgIpc) is 3.27. The summed E-state index contributed by atoms with van der Waals surface area (Å²) in [5, 5.41) is 5.15. The van der Waals surface area contributed by atoms with Crippen molar-refractivity contribution >= 4 is 26.8 Å². The quantitative estimate of drug-likeness (QED) is 0.587. The number of sulfone groups is 1. The topological polar surface area (TPSA) is 91.2 Å². The van der Waals surface area contributed by atoms with E-state index in [9.17, 15) is 17.6 Å². The molecule has 1 aromatic carbocycles. The highest BCUT2D eigenvalue weighted by Crippen LogP contribution is 2.36. The fourth-order valence-electron chi connectivity index (χ4n) is 3.75. The van der Waals surface area contributed by atoms with Gasteiger partial charge < -0.3 is 4.74 Å². The number of rotatable bonds is 4. The van der Waals surface area contributed by atoms with Gasteiger partial charge in [-0.25, -0.2) is 27.3 Å². The molecule has 0 bridgehead atoms. The Morgan fingerprint density at radius 2 is 1.97 bits per heavy atom. The molecule has 1 fully saturated rings. The Labute approximate surface area is 173 Å². The number of methoxy groups -OCH3 is 1. The van der Waals surface area contributed by atoms with Crippen LogP contribution in [0.4, 0.5) is 4.39 Å². The number of fused-ring (bicyclic) bond motifs is 1. The van der Waals surface area contributed by atoms with Crippen molar-refractivity contribution in [1.29, 1.82) is 0 Å². The van der Waals surface area contributed by atoms with Gasteiger partial charge in [0.15, 0.2) is 15.5 Å². The molecule has 1 aliphatic rings. The van der Waals surface area contributed by atoms with Crippen LogP contribution in [-0.2, 0) is 14.6 Å². The van der Waals surface area contributed by atoms with Crippen LogP contribution in [0.2, 0.25) is 0 Å². The molecule has 30 heavy (non-hydrogen) atoms. The number of ether oxygens (including phenoxy) is 1. The van der Waals surface area contributed by atoms with Crippen LogP contribution in [0, 0.1) is 5.82 Å². The van der Waals surface area contributed by atoms with E-state index in [2.05, 4.69) is 5.10 Å². The van der Waals surface area contributed by atoms with Gasteiger partial charge in [0.2, 0.25) is 0 Å². The predicted molar refractivity (Wildman–Crippen MR) is 111 cm³/mol. The van der Waals surface area contributed by atoms with Gasteiger partial charge in [-0.15, -0.1) is 0 Å². The van der Waals surface area contributed by atoms with Gasteiger partial charge in [0.1, 0.15) is 11.5 Å². The number of hydrogen-bond donors (Lipinski definition) is 0. The maximum absolute atomic E-state index is 13.5. The van der Waals surface area contributed by atoms with Crippen LogP contribution in [0.5, 0.6) is 0 Å². The molecular formula is C21H22FN3O4S. The molecule has 1 saturated heterocycles. The fourth-order valence-corrected chi connectivity index (χ4v) is 5.45. The first-order valence-corrected chi connectivity index (χ1v) is 11.5. The van der Waals surface area contributed by atoms with Crippen molar-refractivity contribution in [2.24, 2.45) is 0 Å². The summed E-state index contributed by atoms with van der Waals surface area (Å²) in [4.78, 5) is 17.4. The molecule has 9 heteroatoms. The normalized spacial score (nSPS) is 18.2. The Hall–Kier alpha value is -2.81. The maximum Gasteiger partial charge on any atom is 0.338 e. The van der Waals surface area contributed by atoms with Gasteiger partial charge in [-0.05, 0) is 42.7 Å². The molecule has 0 spiro atoms. The minimum absolute atomic E-state index is 0.0303. The summed E-state index contributed by atoms with van der Waals surface area (Å²) in [7, 11) is -1.86. The zero-order valence-corrected chi connectivity index (χ0v) is 17.7. The molecule has 0 saturated carbocycles. The molecule has 0 aliphatic carbocycles. The van der Waals surface area contributed by atoms with Crippen LogP contribution < -0.4 is 0 Å². The first kappa shape index (κ1) is 20.5. The Kier molecular flexibility index (Phi) is 5.09. The zero-order chi connectivity index (χ0) is 21.6. The minimum Gasteiger partial charge on any atom is -0.465 e. The SMILES string of the molecule is COC(=O)c1cc(C(C)C)nc2c1c(-c1ccc(F)cc1)nn2C1CCS(=O)(=O)C1. The van der Waals surface area contributed by atoms with E-state index in [0.717, 1.165) is 0 Å². The number of nitrogens with zero attached hydrogens (tertiary/aromatic N) is 3. The number of hydrogen-bond acceptors (Lipinski definition) is 6. The Balaban J connectivity index is 2.05. The summed E-state index contributed by atoms with van der Waals surface area (Å²) in [5.74, 6) is -0.848. The lowest BCUT2D eigenvalue weighted by molar-refractivity contribution is 0.0602. The van der Waals surface area contributed by atoms with E-state index >= 15 is 0 Å². The maximum atomic E-state index is 13.5. The van der Waals surface area contributed by atoms with Gasteiger partial charge in [0.25, 0.3) is 0 Å². The molecule has 0 radical (unpaired) electrons. The molecule has 0 amide bonds. The van der Waals surface area contributed by atoms with Gasteiger partial charge in [0.05, 0.1) is 35.6 Å². The Morgan fingerprint density at radius 3 is 2.53 bits per heavy atom. The number of aromatic nitrogens is 3. The highest BCUT2D eigenvalue weighted by atomic mass is 32.2. The van der Waals surface area contributed by atoms with Crippen molar-refractivity contribution in [3.05, 3.63) is 47.4 Å². The number of benzene rings is 1. The van der Waals surface area contributed by atoms with Gasteiger partial charge in [-0.1, -0.05) is 13.8 Å². The second-order valence-corrected chi connectivity index (χ2v) is 10.0. The van der Waals surface area contributed by atoms with Crippen molar-refractivity contribution < 1.29 is 22.3 Å². The first-order chi connectivity index (χ1) is 14.2. The summed E-state index contributed by atoms with van der Waals surface area (Å²) in [5.41, 5.74) is 2.46. The summed E-state index contributed by atoms with van der Waals surface area (Å²) >= 11 is 0. The lowest BCUT2D eigenvalue weighted by Gasteiger charge is -2.12. The van der Waals surface area contributed by atoms with Crippen molar-refractivity contribution in [2.45, 2.75) is 32.2 Å². The summed E-state index contributed by atoms with van der Waals surface area (Å²) in [6.45, 7) is 3.91. The molecule has 3 heterocycles.